The van der Waals surface area contributed by atoms with Crippen molar-refractivity contribution in [1.29, 1.82) is 0 Å². The van der Waals surface area contributed by atoms with Crippen molar-refractivity contribution in [3.05, 3.63) is 82.6 Å². The lowest BCUT2D eigenvalue weighted by Crippen LogP contribution is -2.18. The van der Waals surface area contributed by atoms with Crippen molar-refractivity contribution in [2.45, 2.75) is 11.1 Å². The minimum absolute atomic E-state index is 0.0427. The van der Waals surface area contributed by atoms with E-state index in [4.69, 9.17) is 16.3 Å². The number of hydrogen-bond acceptors (Lipinski definition) is 4. The van der Waals surface area contributed by atoms with E-state index in [1.165, 1.54) is 31.4 Å². The van der Waals surface area contributed by atoms with Crippen LogP contribution in [0.3, 0.4) is 0 Å². The van der Waals surface area contributed by atoms with E-state index in [0.717, 1.165) is 30.3 Å². The number of anilines is 2. The van der Waals surface area contributed by atoms with Gasteiger partial charge in [-0.15, -0.1) is 0 Å². The maximum absolute atomic E-state index is 13.9. The number of benzene rings is 3. The summed E-state index contributed by atoms with van der Waals surface area (Å²) in [6.07, 6.45) is -4.87. The number of nitrogens with one attached hydrogen (secondary N) is 2. The Hall–Kier alpha value is -3.31. The number of halogens is 5. The van der Waals surface area contributed by atoms with Crippen LogP contribution in [0.25, 0.3) is 0 Å². The zero-order valence-corrected chi connectivity index (χ0v) is 18.3. The highest BCUT2D eigenvalue weighted by Crippen LogP contribution is 2.38. The molecule has 0 aromatic heterocycles. The lowest BCUT2D eigenvalue weighted by Gasteiger charge is -2.16. The topological polar surface area (TPSA) is 84.5 Å². The van der Waals surface area contributed by atoms with Crippen LogP contribution in [0.2, 0.25) is 5.02 Å². The maximum atomic E-state index is 13.9. The van der Waals surface area contributed by atoms with Crippen molar-refractivity contribution in [2.24, 2.45) is 0 Å². The molecule has 0 radical (unpaired) electrons. The number of alkyl halides is 3. The molecule has 0 saturated heterocycles. The fraction of sp³-hybridized carbons (Fsp3) is 0.0952. The van der Waals surface area contributed by atoms with E-state index in [9.17, 15) is 30.8 Å². The molecule has 0 heterocycles. The Morgan fingerprint density at radius 1 is 1.00 bits per heavy atom. The Bertz CT molecular complexity index is 1310. The van der Waals surface area contributed by atoms with Crippen LogP contribution in [0.15, 0.2) is 65.6 Å². The molecule has 0 aliphatic heterocycles. The van der Waals surface area contributed by atoms with Gasteiger partial charge in [0.15, 0.2) is 0 Å². The predicted molar refractivity (Wildman–Crippen MR) is 115 cm³/mol. The van der Waals surface area contributed by atoms with E-state index in [-0.39, 0.29) is 22.0 Å². The normalized spacial score (nSPS) is 11.7. The van der Waals surface area contributed by atoms with E-state index in [0.29, 0.717) is 6.07 Å². The highest BCUT2D eigenvalue weighted by Gasteiger charge is 2.35. The summed E-state index contributed by atoms with van der Waals surface area (Å²) in [5.74, 6) is -1.64. The van der Waals surface area contributed by atoms with Crippen LogP contribution < -0.4 is 14.8 Å². The van der Waals surface area contributed by atoms with Gasteiger partial charge in [-0.3, -0.25) is 9.52 Å². The highest BCUT2D eigenvalue weighted by molar-refractivity contribution is 7.92. The maximum Gasteiger partial charge on any atom is 0.418 e. The molecule has 6 nitrogen and oxygen atoms in total. The monoisotopic (exact) mass is 502 g/mol. The molecule has 33 heavy (non-hydrogen) atoms. The van der Waals surface area contributed by atoms with Crippen molar-refractivity contribution in [3.8, 4) is 5.75 Å². The predicted octanol–water partition coefficient (Wildman–Crippen LogP) is 5.56. The molecular formula is C21H15ClF4N2O4S. The number of hydrogen-bond donors (Lipinski definition) is 2. The molecule has 2 N–H and O–H groups in total. The zero-order valence-electron chi connectivity index (χ0n) is 16.7. The Kier molecular flexibility index (Phi) is 6.84. The minimum Gasteiger partial charge on any atom is -0.495 e. The van der Waals surface area contributed by atoms with E-state index in [1.807, 2.05) is 4.72 Å². The van der Waals surface area contributed by atoms with Gasteiger partial charge in [0.1, 0.15) is 11.6 Å². The molecule has 174 valence electrons. The average Bonchev–Trinajstić information content (AvgIpc) is 2.74. The van der Waals surface area contributed by atoms with Crippen LogP contribution >= 0.6 is 11.6 Å². The first-order valence-electron chi connectivity index (χ1n) is 9.06. The highest BCUT2D eigenvalue weighted by atomic mass is 35.5. The van der Waals surface area contributed by atoms with Gasteiger partial charge in [0.25, 0.3) is 15.9 Å². The van der Waals surface area contributed by atoms with Gasteiger partial charge in [0, 0.05) is 5.02 Å². The first-order chi connectivity index (χ1) is 15.4. The van der Waals surface area contributed by atoms with Gasteiger partial charge in [-0.1, -0.05) is 23.7 Å². The molecule has 3 aromatic rings. The Labute approximate surface area is 191 Å². The van der Waals surface area contributed by atoms with Gasteiger partial charge >= 0.3 is 6.18 Å². The first kappa shape index (κ1) is 24.3. The smallest absolute Gasteiger partial charge is 0.418 e. The van der Waals surface area contributed by atoms with E-state index >= 15 is 0 Å². The lowest BCUT2D eigenvalue weighted by molar-refractivity contribution is -0.136. The van der Waals surface area contributed by atoms with Crippen LogP contribution in [-0.2, 0) is 16.2 Å². The number of amides is 1. The molecule has 0 fully saturated rings. The number of methoxy groups -OCH3 is 1. The zero-order chi connectivity index (χ0) is 24.4. The van der Waals surface area contributed by atoms with Crippen LogP contribution in [0.4, 0.5) is 28.9 Å². The molecule has 0 aliphatic rings. The number of carbonyl (C=O) groups excluding carboxylic acids is 1. The van der Waals surface area contributed by atoms with Crippen molar-refractivity contribution in [2.75, 3.05) is 17.1 Å². The summed E-state index contributed by atoms with van der Waals surface area (Å²) in [6.45, 7) is 0. The second-order valence-electron chi connectivity index (χ2n) is 6.59. The van der Waals surface area contributed by atoms with Gasteiger partial charge in [0.2, 0.25) is 0 Å². The molecular weight excluding hydrogens is 488 g/mol. The summed E-state index contributed by atoms with van der Waals surface area (Å²) < 4.78 is 86.4. The van der Waals surface area contributed by atoms with Gasteiger partial charge in [0.05, 0.1) is 34.5 Å². The Morgan fingerprint density at radius 3 is 2.33 bits per heavy atom. The summed E-state index contributed by atoms with van der Waals surface area (Å²) in [6, 6.07) is 10.9. The van der Waals surface area contributed by atoms with E-state index in [2.05, 4.69) is 5.32 Å². The molecule has 0 unspecified atom stereocenters. The third-order valence-electron chi connectivity index (χ3n) is 4.38. The number of sulfonamides is 1. The van der Waals surface area contributed by atoms with Crippen LogP contribution in [0.5, 0.6) is 5.75 Å². The molecule has 3 rings (SSSR count). The summed E-state index contributed by atoms with van der Waals surface area (Å²) in [7, 11) is -3.29. The largest absolute Gasteiger partial charge is 0.495 e. The Morgan fingerprint density at radius 2 is 1.70 bits per heavy atom. The SMILES string of the molecule is COc1ccc(S(=O)(=O)Nc2ccc(Cl)cc2C(F)(F)F)cc1NC(=O)c1ccccc1F. The van der Waals surface area contributed by atoms with Gasteiger partial charge in [-0.05, 0) is 48.5 Å². The van der Waals surface area contributed by atoms with Crippen LogP contribution in [0.1, 0.15) is 15.9 Å². The molecule has 12 heteroatoms. The van der Waals surface area contributed by atoms with Crippen molar-refractivity contribution in [3.63, 3.8) is 0 Å². The number of rotatable bonds is 6. The molecule has 1 amide bonds. The van der Waals surface area contributed by atoms with Gasteiger partial charge in [-0.25, -0.2) is 12.8 Å². The molecule has 0 saturated carbocycles. The van der Waals surface area contributed by atoms with Gasteiger partial charge < -0.3 is 10.1 Å². The first-order valence-corrected chi connectivity index (χ1v) is 10.9. The average molecular weight is 503 g/mol. The van der Waals surface area contributed by atoms with Crippen molar-refractivity contribution in [1.82, 2.24) is 0 Å². The summed E-state index contributed by atoms with van der Waals surface area (Å²) >= 11 is 5.62. The number of ether oxygens (including phenoxy) is 1. The fourth-order valence-electron chi connectivity index (χ4n) is 2.83. The van der Waals surface area contributed by atoms with Crippen molar-refractivity contribution < 1.29 is 35.5 Å². The summed E-state index contributed by atoms with van der Waals surface area (Å²) in [5, 5.41) is 2.12. The van der Waals surface area contributed by atoms with E-state index in [1.54, 1.807) is 0 Å². The van der Waals surface area contributed by atoms with Crippen LogP contribution in [-0.4, -0.2) is 21.4 Å². The third kappa shape index (κ3) is 5.55. The number of carbonyl (C=O) groups is 1. The quantitative estimate of drug-likeness (QED) is 0.432. The molecule has 0 atom stereocenters. The Balaban J connectivity index is 1.97. The molecule has 0 aliphatic carbocycles. The molecule has 3 aromatic carbocycles. The standard InChI is InChI=1S/C21H15ClF4N2O4S/c1-32-19-9-7-13(11-18(19)27-20(29)14-4-2-3-5-16(14)23)33(30,31)28-17-8-6-12(22)10-15(17)21(24,25)26/h2-11,28H,1H3,(H,27,29). The molecule has 0 bridgehead atoms. The third-order valence-corrected chi connectivity index (χ3v) is 5.98. The van der Waals surface area contributed by atoms with E-state index < -0.39 is 44.1 Å². The molecule has 0 spiro atoms. The minimum atomic E-state index is -4.87. The lowest BCUT2D eigenvalue weighted by atomic mass is 10.2. The summed E-state index contributed by atoms with van der Waals surface area (Å²) in [5.41, 5.74) is -2.46. The van der Waals surface area contributed by atoms with Crippen LogP contribution in [0, 0.1) is 5.82 Å². The van der Waals surface area contributed by atoms with Crippen molar-refractivity contribution >= 4 is 38.9 Å². The fourth-order valence-corrected chi connectivity index (χ4v) is 4.11. The van der Waals surface area contributed by atoms with Gasteiger partial charge in [-0.2, -0.15) is 13.2 Å². The second-order valence-corrected chi connectivity index (χ2v) is 8.71. The second kappa shape index (κ2) is 9.28. The summed E-state index contributed by atoms with van der Waals surface area (Å²) in [4.78, 5) is 12.0.